The first-order valence-corrected chi connectivity index (χ1v) is 4.65. The highest BCUT2D eigenvalue weighted by Crippen LogP contribution is 2.48. The quantitative estimate of drug-likeness (QED) is 0.548. The van der Waals surface area contributed by atoms with Crippen LogP contribution in [0, 0.1) is 17.8 Å². The van der Waals surface area contributed by atoms with Crippen LogP contribution in [0.1, 0.15) is 25.7 Å². The molecule has 4 bridgehead atoms. The first-order chi connectivity index (χ1) is 5.34. The Kier molecular flexibility index (Phi) is 0.984. The van der Waals surface area contributed by atoms with Gasteiger partial charge in [-0.1, -0.05) is 0 Å². The molecule has 0 aromatic heterocycles. The van der Waals surface area contributed by atoms with Gasteiger partial charge in [-0.2, -0.15) is 0 Å². The van der Waals surface area contributed by atoms with Gasteiger partial charge in [0.2, 0.25) is 5.91 Å². The van der Waals surface area contributed by atoms with E-state index in [2.05, 4.69) is 5.32 Å². The van der Waals surface area contributed by atoms with Crippen LogP contribution in [-0.2, 0) is 4.79 Å². The van der Waals surface area contributed by atoms with E-state index in [1.165, 1.54) is 25.7 Å². The Labute approximate surface area is 66.4 Å². The summed E-state index contributed by atoms with van der Waals surface area (Å²) in [5.74, 6) is 2.34. The highest BCUT2D eigenvalue weighted by atomic mass is 16.2. The molecule has 5 aliphatic rings. The summed E-state index contributed by atoms with van der Waals surface area (Å²) in [7, 11) is 0. The lowest BCUT2D eigenvalue weighted by molar-refractivity contribution is -0.140. The van der Waals surface area contributed by atoms with Gasteiger partial charge in [0.1, 0.15) is 0 Å². The fourth-order valence-electron chi connectivity index (χ4n) is 3.22. The number of carbonyl (C=O) groups is 1. The van der Waals surface area contributed by atoms with Crippen LogP contribution in [0.15, 0.2) is 0 Å². The zero-order valence-corrected chi connectivity index (χ0v) is 6.55. The molecule has 2 nitrogen and oxygen atoms in total. The van der Waals surface area contributed by atoms with Crippen LogP contribution < -0.4 is 5.32 Å². The van der Waals surface area contributed by atoms with Gasteiger partial charge in [-0.3, -0.25) is 4.79 Å². The molecule has 2 aliphatic heterocycles. The minimum atomic E-state index is 0.349. The highest BCUT2D eigenvalue weighted by Gasteiger charge is 2.49. The SMILES string of the molecule is O=C1NC2CC3CCC2CC13. The Morgan fingerprint density at radius 2 is 2.00 bits per heavy atom. The summed E-state index contributed by atoms with van der Waals surface area (Å²) in [6.07, 6.45) is 5.16. The molecule has 2 saturated heterocycles. The van der Waals surface area contributed by atoms with Crippen LogP contribution >= 0.6 is 0 Å². The van der Waals surface area contributed by atoms with E-state index in [1.54, 1.807) is 0 Å². The van der Waals surface area contributed by atoms with Crippen molar-refractivity contribution in [3.8, 4) is 0 Å². The lowest BCUT2D eigenvalue weighted by atomic mass is 9.59. The van der Waals surface area contributed by atoms with Gasteiger partial charge in [0.05, 0.1) is 0 Å². The van der Waals surface area contributed by atoms with Gasteiger partial charge in [0.15, 0.2) is 0 Å². The van der Waals surface area contributed by atoms with Crippen LogP contribution in [0.4, 0.5) is 0 Å². The van der Waals surface area contributed by atoms with Gasteiger partial charge in [-0.15, -0.1) is 0 Å². The van der Waals surface area contributed by atoms with Gasteiger partial charge in [-0.05, 0) is 37.5 Å². The van der Waals surface area contributed by atoms with E-state index in [1.807, 2.05) is 0 Å². The van der Waals surface area contributed by atoms with E-state index >= 15 is 0 Å². The molecule has 2 heterocycles. The monoisotopic (exact) mass is 151 g/mol. The van der Waals surface area contributed by atoms with Gasteiger partial charge < -0.3 is 5.32 Å². The number of piperidine rings is 2. The second-order valence-electron chi connectivity index (χ2n) is 4.29. The van der Waals surface area contributed by atoms with Crippen LogP contribution in [0.25, 0.3) is 0 Å². The topological polar surface area (TPSA) is 29.1 Å². The number of fused-ring (bicyclic) bond motifs is 2. The molecule has 5 rings (SSSR count). The van der Waals surface area contributed by atoms with Crippen molar-refractivity contribution in [2.75, 3.05) is 0 Å². The van der Waals surface area contributed by atoms with Gasteiger partial charge in [0.25, 0.3) is 0 Å². The first kappa shape index (κ1) is 6.04. The average molecular weight is 151 g/mol. The second-order valence-corrected chi connectivity index (χ2v) is 4.29. The molecular weight excluding hydrogens is 138 g/mol. The predicted molar refractivity (Wildman–Crippen MR) is 40.9 cm³/mol. The molecule has 1 amide bonds. The summed E-state index contributed by atoms with van der Waals surface area (Å²) in [4.78, 5) is 11.3. The molecule has 4 unspecified atom stereocenters. The summed E-state index contributed by atoms with van der Waals surface area (Å²) in [6, 6.07) is 0.561. The maximum Gasteiger partial charge on any atom is 0.223 e. The fraction of sp³-hybridized carbons (Fsp3) is 0.889. The number of carbonyl (C=O) groups excluding carboxylic acids is 1. The Morgan fingerprint density at radius 1 is 1.18 bits per heavy atom. The molecule has 2 heteroatoms. The summed E-state index contributed by atoms with van der Waals surface area (Å²) in [6.45, 7) is 0. The van der Waals surface area contributed by atoms with Crippen molar-refractivity contribution in [3.63, 3.8) is 0 Å². The third kappa shape index (κ3) is 0.652. The molecule has 1 N–H and O–H groups in total. The summed E-state index contributed by atoms with van der Waals surface area (Å²) in [5, 5.41) is 3.11. The highest BCUT2D eigenvalue weighted by molar-refractivity contribution is 5.81. The fourth-order valence-corrected chi connectivity index (χ4v) is 3.22. The van der Waals surface area contributed by atoms with Crippen LogP contribution in [0.3, 0.4) is 0 Å². The van der Waals surface area contributed by atoms with Gasteiger partial charge in [0, 0.05) is 12.0 Å². The third-order valence-electron chi connectivity index (χ3n) is 3.82. The molecule has 5 fully saturated rings. The predicted octanol–water partition coefficient (Wildman–Crippen LogP) is 0.921. The largest absolute Gasteiger partial charge is 0.353 e. The van der Waals surface area contributed by atoms with Gasteiger partial charge >= 0.3 is 0 Å². The lowest BCUT2D eigenvalue weighted by Gasteiger charge is -2.51. The molecule has 0 aromatic rings. The minimum absolute atomic E-state index is 0.349. The van der Waals surface area contributed by atoms with Crippen molar-refractivity contribution in [1.82, 2.24) is 5.32 Å². The second kappa shape index (κ2) is 1.79. The van der Waals surface area contributed by atoms with Gasteiger partial charge in [-0.25, -0.2) is 0 Å². The number of hydrogen-bond acceptors (Lipinski definition) is 1. The smallest absolute Gasteiger partial charge is 0.223 e. The van der Waals surface area contributed by atoms with Crippen molar-refractivity contribution < 1.29 is 4.79 Å². The van der Waals surface area contributed by atoms with Crippen molar-refractivity contribution in [3.05, 3.63) is 0 Å². The molecular formula is C9H13NO. The van der Waals surface area contributed by atoms with Crippen LogP contribution in [0.5, 0.6) is 0 Å². The van der Waals surface area contributed by atoms with E-state index in [4.69, 9.17) is 0 Å². The van der Waals surface area contributed by atoms with E-state index < -0.39 is 0 Å². The molecule has 60 valence electrons. The van der Waals surface area contributed by atoms with Crippen LogP contribution in [0.2, 0.25) is 0 Å². The van der Waals surface area contributed by atoms with Crippen molar-refractivity contribution in [2.45, 2.75) is 31.7 Å². The normalized spacial score (nSPS) is 52.9. The molecule has 0 aromatic carbocycles. The lowest BCUT2D eigenvalue weighted by Crippen LogP contribution is -2.60. The molecule has 11 heavy (non-hydrogen) atoms. The molecule has 3 aliphatic carbocycles. The summed E-state index contributed by atoms with van der Waals surface area (Å²) < 4.78 is 0. The maximum atomic E-state index is 11.3. The number of nitrogens with one attached hydrogen (secondary N) is 1. The van der Waals surface area contributed by atoms with E-state index in [0.29, 0.717) is 17.9 Å². The summed E-state index contributed by atoms with van der Waals surface area (Å²) in [5.41, 5.74) is 0. The van der Waals surface area contributed by atoms with Crippen molar-refractivity contribution >= 4 is 5.91 Å². The Morgan fingerprint density at radius 3 is 2.55 bits per heavy atom. The first-order valence-electron chi connectivity index (χ1n) is 4.65. The number of amides is 1. The zero-order chi connectivity index (χ0) is 7.42. The maximum absolute atomic E-state index is 11.3. The van der Waals surface area contributed by atoms with E-state index in [0.717, 1.165) is 11.8 Å². The van der Waals surface area contributed by atoms with Crippen molar-refractivity contribution in [2.24, 2.45) is 17.8 Å². The average Bonchev–Trinajstić information content (AvgIpc) is 2.05. The van der Waals surface area contributed by atoms with Crippen LogP contribution in [-0.4, -0.2) is 11.9 Å². The molecule has 4 atom stereocenters. The van der Waals surface area contributed by atoms with E-state index in [-0.39, 0.29) is 0 Å². The van der Waals surface area contributed by atoms with Crippen molar-refractivity contribution in [1.29, 1.82) is 0 Å². The molecule has 0 spiro atoms. The summed E-state index contributed by atoms with van der Waals surface area (Å²) >= 11 is 0. The number of hydrogen-bond donors (Lipinski definition) is 1. The Balaban J connectivity index is 1.99. The Hall–Kier alpha value is -0.530. The molecule has 3 saturated carbocycles. The Bertz CT molecular complexity index is 214. The third-order valence-corrected chi connectivity index (χ3v) is 3.82. The van der Waals surface area contributed by atoms with E-state index in [9.17, 15) is 4.79 Å². The number of rotatable bonds is 0. The standard InChI is InChI=1S/C9H13NO/c11-9-7-3-6-2-1-5(7)4-8(6)10-9/h5-8H,1-4H2,(H,10,11). The molecule has 0 radical (unpaired) electrons. The zero-order valence-electron chi connectivity index (χ0n) is 6.55. The minimum Gasteiger partial charge on any atom is -0.353 e.